The molecule has 0 saturated carbocycles. The van der Waals surface area contributed by atoms with Crippen LogP contribution in [0.5, 0.6) is 0 Å². The van der Waals surface area contributed by atoms with Gasteiger partial charge in [0.2, 0.25) is 0 Å². The lowest BCUT2D eigenvalue weighted by molar-refractivity contribution is -0.161. The minimum atomic E-state index is -4.74. The van der Waals surface area contributed by atoms with E-state index in [1.54, 1.807) is 0 Å². The van der Waals surface area contributed by atoms with Gasteiger partial charge < -0.3 is 24.2 Å². The van der Waals surface area contributed by atoms with E-state index < -0.39 is 57.8 Å². The maximum atomic E-state index is 12.9. The number of ether oxygens (including phenoxy) is 3. The van der Waals surface area contributed by atoms with Crippen molar-refractivity contribution in [3.63, 3.8) is 0 Å². The molecular weight excluding hydrogens is 880 g/mol. The Kier molecular flexibility index (Phi) is 49.3. The van der Waals surface area contributed by atoms with Crippen LogP contribution in [0.2, 0.25) is 0 Å². The van der Waals surface area contributed by atoms with Gasteiger partial charge in [-0.3, -0.25) is 23.4 Å². The van der Waals surface area contributed by atoms with Crippen LogP contribution in [-0.4, -0.2) is 66.5 Å². The van der Waals surface area contributed by atoms with Gasteiger partial charge in [-0.25, -0.2) is 4.57 Å². The fraction of sp³-hybridized carbons (Fsp3) is 0.839. The SMILES string of the molecule is CC/C=C\C/C=C\C/C=C\CCCCCC(=O)OCC(COP(=O)(O)OCC(CO)OC(=O)CCCCCCCCCCCCCCC)OC(=O)CCCCCCCCCCCCCCCCC. The number of rotatable bonds is 52. The molecule has 0 aromatic rings. The Hall–Kier alpha value is -2.30. The molecule has 0 aliphatic carbocycles. The molecule has 0 aliphatic heterocycles. The molecule has 398 valence electrons. The number of carbonyl (C=O) groups is 3. The van der Waals surface area contributed by atoms with E-state index in [2.05, 4.69) is 57.2 Å². The van der Waals surface area contributed by atoms with Gasteiger partial charge in [-0.1, -0.05) is 231 Å². The number of esters is 3. The summed E-state index contributed by atoms with van der Waals surface area (Å²) in [5.41, 5.74) is 0. The molecule has 0 bridgehead atoms. The summed E-state index contributed by atoms with van der Waals surface area (Å²) < 4.78 is 39.4. The minimum Gasteiger partial charge on any atom is -0.462 e. The maximum Gasteiger partial charge on any atom is 0.472 e. The van der Waals surface area contributed by atoms with Crippen molar-refractivity contribution in [2.24, 2.45) is 0 Å². The lowest BCUT2D eigenvalue weighted by atomic mass is 10.0. The lowest BCUT2D eigenvalue weighted by Crippen LogP contribution is -2.30. The molecule has 11 nitrogen and oxygen atoms in total. The number of carbonyl (C=O) groups excluding carboxylic acids is 3. The van der Waals surface area contributed by atoms with Gasteiger partial charge >= 0.3 is 25.7 Å². The van der Waals surface area contributed by atoms with Crippen molar-refractivity contribution in [1.82, 2.24) is 0 Å². The number of aliphatic hydroxyl groups is 1. The molecule has 3 atom stereocenters. The fourth-order valence-electron chi connectivity index (χ4n) is 7.84. The highest BCUT2D eigenvalue weighted by atomic mass is 31.2. The van der Waals surface area contributed by atoms with Gasteiger partial charge in [-0.15, -0.1) is 0 Å². The van der Waals surface area contributed by atoms with E-state index in [9.17, 15) is 28.9 Å². The molecule has 0 saturated heterocycles. The molecule has 0 aromatic carbocycles. The van der Waals surface area contributed by atoms with Crippen LogP contribution in [0.1, 0.15) is 265 Å². The Morgan fingerprint density at radius 3 is 1.18 bits per heavy atom. The van der Waals surface area contributed by atoms with E-state index in [-0.39, 0.29) is 25.9 Å². The van der Waals surface area contributed by atoms with Crippen LogP contribution >= 0.6 is 7.82 Å². The van der Waals surface area contributed by atoms with E-state index in [1.807, 2.05) is 0 Å². The number of hydrogen-bond donors (Lipinski definition) is 2. The average Bonchev–Trinajstić information content (AvgIpc) is 3.32. The first-order valence-electron chi connectivity index (χ1n) is 27.9. The predicted octanol–water partition coefficient (Wildman–Crippen LogP) is 16.0. The van der Waals surface area contributed by atoms with Gasteiger partial charge in [-0.05, 0) is 51.4 Å². The van der Waals surface area contributed by atoms with E-state index >= 15 is 0 Å². The summed E-state index contributed by atoms with van der Waals surface area (Å²) >= 11 is 0. The Balaban J connectivity index is 4.72. The number of unbranched alkanes of at least 4 members (excludes halogenated alkanes) is 29. The molecule has 0 heterocycles. The van der Waals surface area contributed by atoms with Gasteiger partial charge in [0.05, 0.1) is 19.8 Å². The summed E-state index contributed by atoms with van der Waals surface area (Å²) in [6, 6.07) is 0. The molecule has 68 heavy (non-hydrogen) atoms. The monoisotopic (exact) mass is 983 g/mol. The summed E-state index contributed by atoms with van der Waals surface area (Å²) in [5.74, 6) is -1.48. The number of phosphoric ester groups is 1. The van der Waals surface area contributed by atoms with E-state index in [4.69, 9.17) is 23.3 Å². The third kappa shape index (κ3) is 48.7. The van der Waals surface area contributed by atoms with Crippen LogP contribution in [0.3, 0.4) is 0 Å². The zero-order valence-electron chi connectivity index (χ0n) is 43.8. The number of phosphoric acid groups is 1. The summed E-state index contributed by atoms with van der Waals surface area (Å²) in [6.07, 6.45) is 51.1. The predicted molar refractivity (Wildman–Crippen MR) is 279 cm³/mol. The number of hydrogen-bond acceptors (Lipinski definition) is 10. The molecular formula is C56H103O11P. The van der Waals surface area contributed by atoms with Crippen molar-refractivity contribution in [2.45, 2.75) is 277 Å². The standard InChI is InChI=1S/C56H103O11P/c1-4-7-10-13-16-19-22-25-26-29-32-35-38-41-44-47-56(60)67-53(49-63-54(58)45-42-39-36-33-30-27-23-20-17-14-11-8-5-2)51-65-68(61,62)64-50-52(48-57)66-55(59)46-43-40-37-34-31-28-24-21-18-15-12-9-6-3/h8,11,17,20,27,30,52-53,57H,4-7,9-10,12-16,18-19,21-26,28-29,31-51H2,1-3H3,(H,61,62)/b11-8-,20-17-,30-27-. The van der Waals surface area contributed by atoms with Crippen LogP contribution < -0.4 is 0 Å². The molecule has 0 aromatic heterocycles. The van der Waals surface area contributed by atoms with Gasteiger partial charge in [0.15, 0.2) is 6.10 Å². The van der Waals surface area contributed by atoms with Crippen LogP contribution in [0.15, 0.2) is 36.5 Å². The first kappa shape index (κ1) is 65.7. The quantitative estimate of drug-likeness (QED) is 0.0197. The molecule has 0 rings (SSSR count). The van der Waals surface area contributed by atoms with Gasteiger partial charge in [0.1, 0.15) is 12.7 Å². The Morgan fingerprint density at radius 1 is 0.426 bits per heavy atom. The summed E-state index contributed by atoms with van der Waals surface area (Å²) in [4.78, 5) is 48.4. The van der Waals surface area contributed by atoms with Crippen molar-refractivity contribution < 1.29 is 52.2 Å². The van der Waals surface area contributed by atoms with Crippen LogP contribution in [-0.2, 0) is 42.2 Å². The van der Waals surface area contributed by atoms with Crippen LogP contribution in [0, 0.1) is 0 Å². The van der Waals surface area contributed by atoms with Crippen LogP contribution in [0.25, 0.3) is 0 Å². The number of allylic oxidation sites excluding steroid dienone is 6. The first-order valence-corrected chi connectivity index (χ1v) is 29.4. The van der Waals surface area contributed by atoms with E-state index in [0.29, 0.717) is 19.3 Å². The fourth-order valence-corrected chi connectivity index (χ4v) is 8.63. The van der Waals surface area contributed by atoms with E-state index in [1.165, 1.54) is 128 Å². The summed E-state index contributed by atoms with van der Waals surface area (Å²) in [6.45, 7) is 4.53. The molecule has 0 spiro atoms. The second-order valence-corrected chi connectivity index (χ2v) is 20.2. The van der Waals surface area contributed by atoms with Crippen molar-refractivity contribution in [1.29, 1.82) is 0 Å². The van der Waals surface area contributed by atoms with Crippen molar-refractivity contribution in [3.05, 3.63) is 36.5 Å². The van der Waals surface area contributed by atoms with Crippen LogP contribution in [0.4, 0.5) is 0 Å². The van der Waals surface area contributed by atoms with Gasteiger partial charge in [-0.2, -0.15) is 0 Å². The Labute approximate surface area is 416 Å². The summed E-state index contributed by atoms with van der Waals surface area (Å²) in [5, 5.41) is 9.79. The normalized spacial score (nSPS) is 13.7. The van der Waals surface area contributed by atoms with Crippen molar-refractivity contribution in [3.8, 4) is 0 Å². The second-order valence-electron chi connectivity index (χ2n) is 18.7. The van der Waals surface area contributed by atoms with E-state index in [0.717, 1.165) is 77.0 Å². The van der Waals surface area contributed by atoms with Crippen molar-refractivity contribution >= 4 is 25.7 Å². The third-order valence-corrected chi connectivity index (χ3v) is 13.0. The highest BCUT2D eigenvalue weighted by molar-refractivity contribution is 7.47. The van der Waals surface area contributed by atoms with Gasteiger partial charge in [0, 0.05) is 19.3 Å². The maximum absolute atomic E-state index is 12.9. The molecule has 12 heteroatoms. The second kappa shape index (κ2) is 51.1. The highest BCUT2D eigenvalue weighted by Crippen LogP contribution is 2.43. The van der Waals surface area contributed by atoms with Gasteiger partial charge in [0.25, 0.3) is 0 Å². The van der Waals surface area contributed by atoms with Crippen molar-refractivity contribution in [2.75, 3.05) is 26.4 Å². The Morgan fingerprint density at radius 2 is 0.765 bits per heavy atom. The molecule has 0 fully saturated rings. The molecule has 0 amide bonds. The highest BCUT2D eigenvalue weighted by Gasteiger charge is 2.28. The molecule has 3 unspecified atom stereocenters. The zero-order valence-corrected chi connectivity index (χ0v) is 44.7. The topological polar surface area (TPSA) is 155 Å². The first-order chi connectivity index (χ1) is 33.2. The third-order valence-electron chi connectivity index (χ3n) is 12.1. The zero-order chi connectivity index (χ0) is 49.9. The Bertz CT molecular complexity index is 1280. The molecule has 2 N–H and O–H groups in total. The molecule has 0 radical (unpaired) electrons. The summed E-state index contributed by atoms with van der Waals surface area (Å²) in [7, 11) is -4.74. The number of aliphatic hydroxyl groups excluding tert-OH is 1. The molecule has 0 aliphatic rings. The minimum absolute atomic E-state index is 0.167. The average molecular weight is 983 g/mol. The largest absolute Gasteiger partial charge is 0.472 e. The smallest absolute Gasteiger partial charge is 0.462 e. The lowest BCUT2D eigenvalue weighted by Gasteiger charge is -2.21.